The summed E-state index contributed by atoms with van der Waals surface area (Å²) in [5.41, 5.74) is 0.731. The minimum atomic E-state index is -1.41. The second-order valence-electron chi connectivity index (χ2n) is 6.04. The van der Waals surface area contributed by atoms with Gasteiger partial charge in [0.1, 0.15) is 11.5 Å². The molecule has 24 heavy (non-hydrogen) atoms. The Kier molecular flexibility index (Phi) is 4.60. The average molecular weight is 326 g/mol. The summed E-state index contributed by atoms with van der Waals surface area (Å²) >= 11 is 0. The third-order valence-electron chi connectivity index (χ3n) is 3.93. The Bertz CT molecular complexity index is 740. The average Bonchev–Trinajstić information content (AvgIpc) is 3.35. The zero-order chi connectivity index (χ0) is 17.1. The second-order valence-corrected chi connectivity index (χ2v) is 6.04. The summed E-state index contributed by atoms with van der Waals surface area (Å²) in [5.74, 6) is -1.87. The van der Waals surface area contributed by atoms with Gasteiger partial charge in [-0.15, -0.1) is 0 Å². The lowest BCUT2D eigenvalue weighted by Crippen LogP contribution is -2.34. The van der Waals surface area contributed by atoms with Crippen LogP contribution in [-0.2, 0) is 19.1 Å². The number of benzene rings is 1. The topological polar surface area (TPSA) is 69.7 Å². The van der Waals surface area contributed by atoms with E-state index in [1.165, 1.54) is 31.9 Å². The predicted octanol–water partition coefficient (Wildman–Crippen LogP) is 2.70. The SMILES string of the molecule is CC1=CC(=O)C(C(=O)C=Cc2ccccc2OCC2CC2)C(=O)O1. The van der Waals surface area contributed by atoms with Crippen LogP contribution < -0.4 is 4.74 Å². The van der Waals surface area contributed by atoms with E-state index in [9.17, 15) is 14.4 Å². The van der Waals surface area contributed by atoms with Crippen LogP contribution in [0.2, 0.25) is 0 Å². The summed E-state index contributed by atoms with van der Waals surface area (Å²) in [6, 6.07) is 7.34. The van der Waals surface area contributed by atoms with Crippen molar-refractivity contribution in [3.8, 4) is 5.75 Å². The molecule has 1 atom stereocenters. The van der Waals surface area contributed by atoms with Crippen molar-refractivity contribution < 1.29 is 23.9 Å². The maximum Gasteiger partial charge on any atom is 0.329 e. The summed E-state index contributed by atoms with van der Waals surface area (Å²) in [4.78, 5) is 35.8. The molecule has 0 spiro atoms. The van der Waals surface area contributed by atoms with Gasteiger partial charge >= 0.3 is 5.97 Å². The van der Waals surface area contributed by atoms with Crippen molar-refractivity contribution in [3.63, 3.8) is 0 Å². The van der Waals surface area contributed by atoms with E-state index in [-0.39, 0.29) is 5.76 Å². The van der Waals surface area contributed by atoms with Crippen molar-refractivity contribution in [1.29, 1.82) is 0 Å². The summed E-state index contributed by atoms with van der Waals surface area (Å²) in [6.45, 7) is 2.16. The fourth-order valence-electron chi connectivity index (χ4n) is 2.41. The number of allylic oxidation sites excluding steroid dienone is 3. The van der Waals surface area contributed by atoms with Crippen LogP contribution in [-0.4, -0.2) is 24.1 Å². The number of hydrogen-bond acceptors (Lipinski definition) is 5. The van der Waals surface area contributed by atoms with Gasteiger partial charge in [-0.2, -0.15) is 0 Å². The first-order valence-electron chi connectivity index (χ1n) is 7.92. The molecule has 0 aromatic heterocycles. The summed E-state index contributed by atoms with van der Waals surface area (Å²) in [5, 5.41) is 0. The molecule has 0 saturated heterocycles. The number of ketones is 2. The zero-order valence-corrected chi connectivity index (χ0v) is 13.4. The number of cyclic esters (lactones) is 1. The van der Waals surface area contributed by atoms with Gasteiger partial charge in [0.25, 0.3) is 0 Å². The van der Waals surface area contributed by atoms with E-state index in [0.29, 0.717) is 18.3 Å². The van der Waals surface area contributed by atoms with Gasteiger partial charge in [0.15, 0.2) is 17.5 Å². The fourth-order valence-corrected chi connectivity index (χ4v) is 2.41. The Morgan fingerprint density at radius 3 is 2.75 bits per heavy atom. The fraction of sp³-hybridized carbons (Fsp3) is 0.316. The van der Waals surface area contributed by atoms with Gasteiger partial charge in [-0.1, -0.05) is 18.2 Å². The van der Waals surface area contributed by atoms with Crippen molar-refractivity contribution in [1.82, 2.24) is 0 Å². The number of esters is 1. The van der Waals surface area contributed by atoms with Crippen LogP contribution in [0.15, 0.2) is 42.2 Å². The minimum Gasteiger partial charge on any atom is -0.493 e. The Balaban J connectivity index is 1.72. The quantitative estimate of drug-likeness (QED) is 0.457. The molecule has 5 heteroatoms. The third kappa shape index (κ3) is 3.79. The first-order valence-corrected chi connectivity index (χ1v) is 7.92. The molecule has 1 heterocycles. The lowest BCUT2D eigenvalue weighted by molar-refractivity contribution is -0.151. The van der Waals surface area contributed by atoms with Crippen molar-refractivity contribution in [2.45, 2.75) is 19.8 Å². The molecule has 0 N–H and O–H groups in total. The molecule has 2 aliphatic rings. The number of carbonyl (C=O) groups excluding carboxylic acids is 3. The second kappa shape index (κ2) is 6.83. The number of carbonyl (C=O) groups is 3. The van der Waals surface area contributed by atoms with Gasteiger partial charge < -0.3 is 9.47 Å². The van der Waals surface area contributed by atoms with E-state index in [0.717, 1.165) is 5.56 Å². The lowest BCUT2D eigenvalue weighted by atomic mass is 9.96. The van der Waals surface area contributed by atoms with Crippen molar-refractivity contribution in [3.05, 3.63) is 47.7 Å². The Morgan fingerprint density at radius 2 is 2.04 bits per heavy atom. The molecule has 1 unspecified atom stereocenters. The minimum absolute atomic E-state index is 0.205. The van der Waals surface area contributed by atoms with Gasteiger partial charge in [-0.05, 0) is 43.9 Å². The molecule has 0 amide bonds. The highest BCUT2D eigenvalue weighted by atomic mass is 16.5. The first-order chi connectivity index (χ1) is 11.5. The third-order valence-corrected chi connectivity index (χ3v) is 3.93. The highest BCUT2D eigenvalue weighted by molar-refractivity contribution is 6.25. The largest absolute Gasteiger partial charge is 0.493 e. The lowest BCUT2D eigenvalue weighted by Gasteiger charge is -2.15. The molecule has 1 saturated carbocycles. The van der Waals surface area contributed by atoms with E-state index >= 15 is 0 Å². The highest BCUT2D eigenvalue weighted by Gasteiger charge is 2.36. The number of hydrogen-bond donors (Lipinski definition) is 0. The number of rotatable bonds is 6. The monoisotopic (exact) mass is 326 g/mol. The molecule has 1 fully saturated rings. The van der Waals surface area contributed by atoms with Gasteiger partial charge in [0, 0.05) is 11.6 Å². The molecule has 1 aliphatic carbocycles. The van der Waals surface area contributed by atoms with Crippen LogP contribution >= 0.6 is 0 Å². The molecule has 1 aliphatic heterocycles. The maximum atomic E-state index is 12.2. The van der Waals surface area contributed by atoms with Crippen LogP contribution in [0.25, 0.3) is 6.08 Å². The molecule has 1 aromatic carbocycles. The summed E-state index contributed by atoms with van der Waals surface area (Å²) < 4.78 is 10.6. The van der Waals surface area contributed by atoms with Gasteiger partial charge in [-0.3, -0.25) is 14.4 Å². The standard InChI is InChI=1S/C19H18O5/c1-12-10-16(21)18(19(22)24-12)15(20)9-8-14-4-2-3-5-17(14)23-11-13-6-7-13/h2-5,8-10,13,18H,6-7,11H2,1H3. The van der Waals surface area contributed by atoms with Crippen LogP contribution in [0, 0.1) is 11.8 Å². The smallest absolute Gasteiger partial charge is 0.329 e. The zero-order valence-electron chi connectivity index (χ0n) is 13.4. The maximum absolute atomic E-state index is 12.2. The van der Waals surface area contributed by atoms with Gasteiger partial charge in [0.05, 0.1) is 6.61 Å². The molecule has 1 aromatic rings. The van der Waals surface area contributed by atoms with E-state index in [1.54, 1.807) is 6.08 Å². The molecule has 5 nitrogen and oxygen atoms in total. The van der Waals surface area contributed by atoms with Crippen LogP contribution in [0.1, 0.15) is 25.3 Å². The Hall–Kier alpha value is -2.69. The molecule has 3 rings (SSSR count). The van der Waals surface area contributed by atoms with Crippen LogP contribution in [0.5, 0.6) is 5.75 Å². The predicted molar refractivity (Wildman–Crippen MR) is 87.0 cm³/mol. The van der Waals surface area contributed by atoms with E-state index in [4.69, 9.17) is 9.47 Å². The Morgan fingerprint density at radius 1 is 1.29 bits per heavy atom. The molecule has 0 radical (unpaired) electrons. The number of para-hydroxylation sites is 1. The molecular weight excluding hydrogens is 308 g/mol. The Labute approximate surface area is 139 Å². The van der Waals surface area contributed by atoms with Crippen molar-refractivity contribution >= 4 is 23.6 Å². The first kappa shape index (κ1) is 16.2. The van der Waals surface area contributed by atoms with Gasteiger partial charge in [0.2, 0.25) is 0 Å². The van der Waals surface area contributed by atoms with E-state index < -0.39 is 23.5 Å². The van der Waals surface area contributed by atoms with E-state index in [2.05, 4.69) is 0 Å². The molecule has 124 valence electrons. The van der Waals surface area contributed by atoms with Gasteiger partial charge in [-0.25, -0.2) is 0 Å². The normalized spacial score (nSPS) is 20.7. The van der Waals surface area contributed by atoms with Crippen LogP contribution in [0.3, 0.4) is 0 Å². The molecule has 0 bridgehead atoms. The van der Waals surface area contributed by atoms with Crippen molar-refractivity contribution in [2.24, 2.45) is 11.8 Å². The summed E-state index contributed by atoms with van der Waals surface area (Å²) in [6.07, 6.45) is 6.35. The molecular formula is C19H18O5. The van der Waals surface area contributed by atoms with Crippen molar-refractivity contribution in [2.75, 3.05) is 6.61 Å². The van der Waals surface area contributed by atoms with Crippen LogP contribution in [0.4, 0.5) is 0 Å². The number of ether oxygens (including phenoxy) is 2. The van der Waals surface area contributed by atoms with E-state index in [1.807, 2.05) is 24.3 Å². The summed E-state index contributed by atoms with van der Waals surface area (Å²) in [7, 11) is 0. The highest BCUT2D eigenvalue weighted by Crippen LogP contribution is 2.30.